The molecular formula is C15H20FN3O2. The number of nitrogens with two attached hydrogens (primary N) is 1. The third-order valence-electron chi connectivity index (χ3n) is 4.33. The van der Waals surface area contributed by atoms with Gasteiger partial charge in [0.2, 0.25) is 0 Å². The van der Waals surface area contributed by atoms with Gasteiger partial charge in [0.15, 0.2) is 0 Å². The van der Waals surface area contributed by atoms with Gasteiger partial charge in [-0.15, -0.1) is 0 Å². The van der Waals surface area contributed by atoms with Crippen molar-refractivity contribution in [2.75, 3.05) is 24.1 Å². The first-order valence-electron chi connectivity index (χ1n) is 7.38. The summed E-state index contributed by atoms with van der Waals surface area (Å²) in [5, 5.41) is 12.2. The summed E-state index contributed by atoms with van der Waals surface area (Å²) in [6, 6.07) is 3.61. The average molecular weight is 293 g/mol. The molecule has 1 amide bonds. The van der Waals surface area contributed by atoms with E-state index >= 15 is 0 Å². The second-order valence-electron chi connectivity index (χ2n) is 5.93. The Bertz CT molecular complexity index is 552. The average Bonchev–Trinajstić information content (AvgIpc) is 3.29. The highest BCUT2D eigenvalue weighted by Gasteiger charge is 2.27. The van der Waals surface area contributed by atoms with Crippen LogP contribution in [0.4, 0.5) is 20.6 Å². The van der Waals surface area contributed by atoms with Crippen LogP contribution in [-0.4, -0.2) is 35.2 Å². The Morgan fingerprint density at radius 2 is 1.95 bits per heavy atom. The molecule has 5 nitrogen and oxygen atoms in total. The molecule has 2 aliphatic rings. The van der Waals surface area contributed by atoms with Crippen molar-refractivity contribution in [2.24, 2.45) is 0 Å². The summed E-state index contributed by atoms with van der Waals surface area (Å²) in [6.07, 6.45) is 2.76. The van der Waals surface area contributed by atoms with E-state index in [1.165, 1.54) is 11.0 Å². The Morgan fingerprint density at radius 3 is 2.52 bits per heavy atom. The Labute approximate surface area is 122 Å². The van der Waals surface area contributed by atoms with Crippen LogP contribution in [0, 0.1) is 5.82 Å². The zero-order chi connectivity index (χ0) is 15.0. The number of nitrogens with zero attached hydrogens (tertiary/aromatic N) is 1. The van der Waals surface area contributed by atoms with Crippen molar-refractivity contribution < 1.29 is 14.3 Å². The van der Waals surface area contributed by atoms with E-state index in [2.05, 4.69) is 5.32 Å². The number of nitrogens with one attached hydrogen (secondary N) is 1. The number of nitrogen functional groups attached to an aromatic ring is 1. The van der Waals surface area contributed by atoms with Gasteiger partial charge in [0, 0.05) is 19.1 Å². The molecule has 6 heteroatoms. The lowest BCUT2D eigenvalue weighted by Gasteiger charge is -2.31. The minimum atomic E-state index is -0.880. The van der Waals surface area contributed by atoms with E-state index in [-0.39, 0.29) is 17.5 Å². The van der Waals surface area contributed by atoms with E-state index in [9.17, 15) is 9.18 Å². The molecule has 0 spiro atoms. The van der Waals surface area contributed by atoms with Crippen LogP contribution < -0.4 is 11.1 Å². The summed E-state index contributed by atoms with van der Waals surface area (Å²) in [4.78, 5) is 12.3. The van der Waals surface area contributed by atoms with Crippen molar-refractivity contribution in [3.05, 3.63) is 23.5 Å². The van der Waals surface area contributed by atoms with Crippen molar-refractivity contribution in [1.82, 2.24) is 4.90 Å². The smallest absolute Gasteiger partial charge is 0.407 e. The fraction of sp³-hybridized carbons (Fsp3) is 0.533. The Balaban J connectivity index is 1.69. The second-order valence-corrected chi connectivity index (χ2v) is 5.93. The molecule has 114 valence electrons. The van der Waals surface area contributed by atoms with Gasteiger partial charge in [-0.1, -0.05) is 0 Å². The summed E-state index contributed by atoms with van der Waals surface area (Å²) in [6.45, 7) is 0.995. The molecule has 1 heterocycles. The van der Waals surface area contributed by atoms with Gasteiger partial charge < -0.3 is 21.1 Å². The van der Waals surface area contributed by atoms with Crippen LogP contribution in [0.2, 0.25) is 0 Å². The highest BCUT2D eigenvalue weighted by molar-refractivity contribution is 5.69. The topological polar surface area (TPSA) is 78.6 Å². The molecule has 1 aliphatic carbocycles. The van der Waals surface area contributed by atoms with Crippen molar-refractivity contribution in [2.45, 2.75) is 37.6 Å². The van der Waals surface area contributed by atoms with Crippen LogP contribution in [-0.2, 0) is 0 Å². The van der Waals surface area contributed by atoms with Gasteiger partial charge in [-0.25, -0.2) is 9.18 Å². The molecule has 2 fully saturated rings. The molecular weight excluding hydrogens is 273 g/mol. The molecule has 0 unspecified atom stereocenters. The maximum atomic E-state index is 13.9. The van der Waals surface area contributed by atoms with Crippen LogP contribution in [0.25, 0.3) is 0 Å². The number of amides is 1. The highest BCUT2D eigenvalue weighted by Crippen LogP contribution is 2.42. The van der Waals surface area contributed by atoms with Crippen LogP contribution >= 0.6 is 0 Å². The Morgan fingerprint density at radius 1 is 1.29 bits per heavy atom. The predicted molar refractivity (Wildman–Crippen MR) is 79.0 cm³/mol. The molecule has 21 heavy (non-hydrogen) atoms. The number of hydrogen-bond acceptors (Lipinski definition) is 3. The van der Waals surface area contributed by atoms with Gasteiger partial charge in [-0.05, 0) is 49.3 Å². The van der Waals surface area contributed by atoms with E-state index in [0.29, 0.717) is 37.5 Å². The van der Waals surface area contributed by atoms with Crippen molar-refractivity contribution in [1.29, 1.82) is 0 Å². The van der Waals surface area contributed by atoms with Crippen LogP contribution in [0.5, 0.6) is 0 Å². The fourth-order valence-electron chi connectivity index (χ4n) is 2.85. The molecule has 1 saturated carbocycles. The van der Waals surface area contributed by atoms with E-state index in [1.54, 1.807) is 0 Å². The first-order chi connectivity index (χ1) is 10.0. The van der Waals surface area contributed by atoms with Gasteiger partial charge in [0.1, 0.15) is 5.82 Å². The number of carbonyl (C=O) groups is 1. The molecule has 0 radical (unpaired) electrons. The fourth-order valence-corrected chi connectivity index (χ4v) is 2.85. The normalized spacial score (nSPS) is 19.6. The quantitative estimate of drug-likeness (QED) is 0.749. The van der Waals surface area contributed by atoms with Crippen LogP contribution in [0.15, 0.2) is 12.1 Å². The van der Waals surface area contributed by atoms with Gasteiger partial charge >= 0.3 is 6.09 Å². The minimum Gasteiger partial charge on any atom is -0.465 e. The van der Waals surface area contributed by atoms with E-state index in [0.717, 1.165) is 18.4 Å². The van der Waals surface area contributed by atoms with E-state index in [4.69, 9.17) is 10.8 Å². The maximum absolute atomic E-state index is 13.9. The Hall–Kier alpha value is -1.98. The molecule has 1 aliphatic heterocycles. The SMILES string of the molecule is Nc1c(F)cc(C2CC2)cc1NC1CCN(C(=O)O)CC1. The number of rotatable bonds is 3. The first-order valence-corrected chi connectivity index (χ1v) is 7.38. The Kier molecular flexibility index (Phi) is 3.61. The molecule has 1 saturated heterocycles. The lowest BCUT2D eigenvalue weighted by molar-refractivity contribution is 0.134. The van der Waals surface area contributed by atoms with E-state index in [1.807, 2.05) is 6.07 Å². The van der Waals surface area contributed by atoms with Gasteiger partial charge in [-0.2, -0.15) is 0 Å². The van der Waals surface area contributed by atoms with Gasteiger partial charge in [0.25, 0.3) is 0 Å². The molecule has 3 rings (SSSR count). The van der Waals surface area contributed by atoms with Crippen molar-refractivity contribution >= 4 is 17.5 Å². The molecule has 1 aromatic rings. The maximum Gasteiger partial charge on any atom is 0.407 e. The number of halogens is 1. The minimum absolute atomic E-state index is 0.136. The van der Waals surface area contributed by atoms with Crippen LogP contribution in [0.3, 0.4) is 0 Å². The third-order valence-corrected chi connectivity index (χ3v) is 4.33. The lowest BCUT2D eigenvalue weighted by Crippen LogP contribution is -2.41. The summed E-state index contributed by atoms with van der Waals surface area (Å²) in [7, 11) is 0. The van der Waals surface area contributed by atoms with Gasteiger partial charge in [-0.3, -0.25) is 0 Å². The number of anilines is 2. The largest absolute Gasteiger partial charge is 0.465 e. The molecule has 0 bridgehead atoms. The number of carboxylic acid groups (broad SMARTS) is 1. The summed E-state index contributed by atoms with van der Waals surface area (Å²) < 4.78 is 13.9. The summed E-state index contributed by atoms with van der Waals surface area (Å²) in [5.41, 5.74) is 7.63. The summed E-state index contributed by atoms with van der Waals surface area (Å²) >= 11 is 0. The third kappa shape index (κ3) is 3.04. The standard InChI is InChI=1S/C15H20FN3O2/c16-12-7-10(9-1-2-9)8-13(14(12)17)18-11-3-5-19(6-4-11)15(20)21/h7-9,11,18H,1-6,17H2,(H,20,21). The van der Waals surface area contributed by atoms with Gasteiger partial charge in [0.05, 0.1) is 11.4 Å². The molecule has 0 atom stereocenters. The number of hydrogen-bond donors (Lipinski definition) is 3. The molecule has 4 N–H and O–H groups in total. The van der Waals surface area contributed by atoms with Crippen LogP contribution in [0.1, 0.15) is 37.2 Å². The van der Waals surface area contributed by atoms with Crippen molar-refractivity contribution in [3.8, 4) is 0 Å². The number of benzene rings is 1. The zero-order valence-electron chi connectivity index (χ0n) is 11.8. The van der Waals surface area contributed by atoms with E-state index < -0.39 is 6.09 Å². The second kappa shape index (κ2) is 5.42. The summed E-state index contributed by atoms with van der Waals surface area (Å²) in [5.74, 6) is 0.0966. The number of likely N-dealkylation sites (tertiary alicyclic amines) is 1. The zero-order valence-corrected chi connectivity index (χ0v) is 11.8. The lowest BCUT2D eigenvalue weighted by atomic mass is 10.0. The monoisotopic (exact) mass is 293 g/mol. The predicted octanol–water partition coefficient (Wildman–Crippen LogP) is 2.84. The molecule has 0 aromatic heterocycles. The highest BCUT2D eigenvalue weighted by atomic mass is 19.1. The molecule has 1 aromatic carbocycles. The first kappa shape index (κ1) is 14.0. The van der Waals surface area contributed by atoms with Crippen molar-refractivity contribution in [3.63, 3.8) is 0 Å². The number of piperidine rings is 1.